The van der Waals surface area contributed by atoms with E-state index in [9.17, 15) is 18.7 Å². The maximum Gasteiger partial charge on any atom is 0.387 e. The van der Waals surface area contributed by atoms with Crippen molar-refractivity contribution in [3.63, 3.8) is 0 Å². The van der Waals surface area contributed by atoms with Crippen molar-refractivity contribution in [3.8, 4) is 5.75 Å². The Morgan fingerprint density at radius 1 is 1.24 bits per heavy atom. The van der Waals surface area contributed by atoms with Gasteiger partial charge in [0.2, 0.25) is 0 Å². The lowest BCUT2D eigenvalue weighted by Gasteiger charge is -2.27. The Bertz CT molecular complexity index is 476. The number of para-hydroxylation sites is 1. The first-order valence-corrected chi connectivity index (χ1v) is 7.10. The SMILES string of the molecule is O=C(O)C(NC1CCCCC1)c1ccccc1OC(F)F. The third-order valence-corrected chi connectivity index (χ3v) is 3.70. The molecular weight excluding hydrogens is 280 g/mol. The Kier molecular flexibility index (Phi) is 5.50. The average molecular weight is 299 g/mol. The van der Waals surface area contributed by atoms with Crippen molar-refractivity contribution in [3.05, 3.63) is 29.8 Å². The van der Waals surface area contributed by atoms with Crippen LogP contribution in [0.1, 0.15) is 43.7 Å². The number of carbonyl (C=O) groups is 1. The second-order valence-corrected chi connectivity index (χ2v) is 5.19. The quantitative estimate of drug-likeness (QED) is 0.846. The highest BCUT2D eigenvalue weighted by molar-refractivity contribution is 5.76. The lowest BCUT2D eigenvalue weighted by molar-refractivity contribution is -0.140. The van der Waals surface area contributed by atoms with Gasteiger partial charge < -0.3 is 9.84 Å². The van der Waals surface area contributed by atoms with E-state index in [0.717, 1.165) is 32.1 Å². The topological polar surface area (TPSA) is 58.6 Å². The van der Waals surface area contributed by atoms with Crippen LogP contribution in [0.3, 0.4) is 0 Å². The maximum atomic E-state index is 12.4. The van der Waals surface area contributed by atoms with Crippen LogP contribution in [-0.2, 0) is 4.79 Å². The smallest absolute Gasteiger partial charge is 0.387 e. The zero-order valence-electron chi connectivity index (χ0n) is 11.6. The average Bonchev–Trinajstić information content (AvgIpc) is 2.46. The molecule has 0 amide bonds. The molecule has 4 nitrogen and oxygen atoms in total. The van der Waals surface area contributed by atoms with Crippen molar-refractivity contribution in [2.24, 2.45) is 0 Å². The van der Waals surface area contributed by atoms with Crippen LogP contribution in [0.4, 0.5) is 8.78 Å². The number of aliphatic carboxylic acids is 1. The van der Waals surface area contributed by atoms with Gasteiger partial charge in [0, 0.05) is 11.6 Å². The summed E-state index contributed by atoms with van der Waals surface area (Å²) in [6, 6.07) is 5.08. The molecule has 2 rings (SSSR count). The fourth-order valence-electron chi connectivity index (χ4n) is 2.72. The zero-order valence-corrected chi connectivity index (χ0v) is 11.6. The molecule has 0 aliphatic heterocycles. The molecule has 0 saturated heterocycles. The summed E-state index contributed by atoms with van der Waals surface area (Å²) in [7, 11) is 0. The van der Waals surface area contributed by atoms with Gasteiger partial charge in [-0.25, -0.2) is 0 Å². The van der Waals surface area contributed by atoms with Crippen molar-refractivity contribution in [2.75, 3.05) is 0 Å². The molecule has 1 unspecified atom stereocenters. The van der Waals surface area contributed by atoms with Crippen LogP contribution in [0.25, 0.3) is 0 Å². The summed E-state index contributed by atoms with van der Waals surface area (Å²) in [4.78, 5) is 11.5. The van der Waals surface area contributed by atoms with Crippen molar-refractivity contribution in [1.29, 1.82) is 0 Å². The zero-order chi connectivity index (χ0) is 15.2. The summed E-state index contributed by atoms with van der Waals surface area (Å²) in [5.41, 5.74) is 0.232. The fraction of sp³-hybridized carbons (Fsp3) is 0.533. The van der Waals surface area contributed by atoms with Crippen LogP contribution >= 0.6 is 0 Å². The molecule has 0 spiro atoms. The first-order valence-electron chi connectivity index (χ1n) is 7.10. The monoisotopic (exact) mass is 299 g/mol. The molecule has 0 heterocycles. The lowest BCUT2D eigenvalue weighted by atomic mass is 9.94. The molecule has 1 aromatic rings. The first-order chi connectivity index (χ1) is 10.1. The summed E-state index contributed by atoms with van der Waals surface area (Å²) < 4.78 is 29.3. The number of hydrogen-bond acceptors (Lipinski definition) is 3. The van der Waals surface area contributed by atoms with E-state index in [1.54, 1.807) is 12.1 Å². The van der Waals surface area contributed by atoms with E-state index >= 15 is 0 Å². The van der Waals surface area contributed by atoms with Crippen LogP contribution < -0.4 is 10.1 Å². The van der Waals surface area contributed by atoms with Gasteiger partial charge in [-0.15, -0.1) is 0 Å². The third kappa shape index (κ3) is 4.39. The van der Waals surface area contributed by atoms with E-state index < -0.39 is 18.6 Å². The molecule has 1 fully saturated rings. The van der Waals surface area contributed by atoms with Gasteiger partial charge in [0.15, 0.2) is 0 Å². The van der Waals surface area contributed by atoms with E-state index in [0.29, 0.717) is 0 Å². The van der Waals surface area contributed by atoms with Crippen molar-refractivity contribution < 1.29 is 23.4 Å². The number of alkyl halides is 2. The van der Waals surface area contributed by atoms with Crippen molar-refractivity contribution in [1.82, 2.24) is 5.32 Å². The fourth-order valence-corrected chi connectivity index (χ4v) is 2.72. The number of ether oxygens (including phenoxy) is 1. The number of rotatable bonds is 6. The third-order valence-electron chi connectivity index (χ3n) is 3.70. The summed E-state index contributed by atoms with van der Waals surface area (Å²) in [6.07, 6.45) is 5.07. The predicted molar refractivity (Wildman–Crippen MR) is 73.5 cm³/mol. The minimum Gasteiger partial charge on any atom is -0.480 e. The molecule has 0 radical (unpaired) electrons. The van der Waals surface area contributed by atoms with E-state index in [1.807, 2.05) is 0 Å². The second kappa shape index (κ2) is 7.36. The Morgan fingerprint density at radius 3 is 2.52 bits per heavy atom. The summed E-state index contributed by atoms with van der Waals surface area (Å²) in [5.74, 6) is -1.19. The number of carboxylic acids is 1. The van der Waals surface area contributed by atoms with Gasteiger partial charge in [-0.05, 0) is 18.9 Å². The molecule has 0 bridgehead atoms. The second-order valence-electron chi connectivity index (χ2n) is 5.19. The van der Waals surface area contributed by atoms with Crippen molar-refractivity contribution in [2.45, 2.75) is 50.8 Å². The molecule has 6 heteroatoms. The highest BCUT2D eigenvalue weighted by Gasteiger charge is 2.27. The number of hydrogen-bond donors (Lipinski definition) is 2. The van der Waals surface area contributed by atoms with E-state index in [2.05, 4.69) is 10.1 Å². The van der Waals surface area contributed by atoms with Crippen LogP contribution in [0.15, 0.2) is 24.3 Å². The molecule has 2 N–H and O–H groups in total. The van der Waals surface area contributed by atoms with Crippen molar-refractivity contribution >= 4 is 5.97 Å². The standard InChI is InChI=1S/C15H19F2NO3/c16-15(17)21-12-9-5-4-8-11(12)13(14(19)20)18-10-6-2-1-3-7-10/h4-5,8-10,13,15,18H,1-3,6-7H2,(H,19,20). The Morgan fingerprint density at radius 2 is 1.90 bits per heavy atom. The van der Waals surface area contributed by atoms with Gasteiger partial charge in [0.1, 0.15) is 11.8 Å². The lowest BCUT2D eigenvalue weighted by Crippen LogP contribution is -2.38. The van der Waals surface area contributed by atoms with E-state index in [-0.39, 0.29) is 17.4 Å². The first kappa shape index (κ1) is 15.7. The van der Waals surface area contributed by atoms with Crippen LogP contribution in [0, 0.1) is 0 Å². The normalized spacial score (nSPS) is 17.7. The van der Waals surface area contributed by atoms with Crippen LogP contribution in [0.5, 0.6) is 5.75 Å². The Balaban J connectivity index is 2.19. The molecule has 116 valence electrons. The molecule has 1 saturated carbocycles. The molecular formula is C15H19F2NO3. The largest absolute Gasteiger partial charge is 0.480 e. The highest BCUT2D eigenvalue weighted by Crippen LogP contribution is 2.29. The predicted octanol–water partition coefficient (Wildman–Crippen LogP) is 3.34. The molecule has 21 heavy (non-hydrogen) atoms. The minimum absolute atomic E-state index is 0.0943. The number of carboxylic acid groups (broad SMARTS) is 1. The summed E-state index contributed by atoms with van der Waals surface area (Å²) in [6.45, 7) is -2.98. The number of benzene rings is 1. The molecule has 1 atom stereocenters. The van der Waals surface area contributed by atoms with Crippen LogP contribution in [0.2, 0.25) is 0 Å². The van der Waals surface area contributed by atoms with E-state index in [1.165, 1.54) is 12.1 Å². The number of nitrogens with one attached hydrogen (secondary N) is 1. The van der Waals surface area contributed by atoms with Gasteiger partial charge >= 0.3 is 12.6 Å². The molecule has 0 aromatic heterocycles. The summed E-state index contributed by atoms with van der Waals surface area (Å²) >= 11 is 0. The Labute approximate surface area is 122 Å². The molecule has 1 aromatic carbocycles. The number of halogens is 2. The van der Waals surface area contributed by atoms with Gasteiger partial charge in [0.05, 0.1) is 0 Å². The summed E-state index contributed by atoms with van der Waals surface area (Å²) in [5, 5.41) is 12.5. The van der Waals surface area contributed by atoms with Gasteiger partial charge in [-0.1, -0.05) is 37.5 Å². The van der Waals surface area contributed by atoms with Gasteiger partial charge in [0.25, 0.3) is 0 Å². The molecule has 1 aliphatic rings. The van der Waals surface area contributed by atoms with Crippen LogP contribution in [-0.4, -0.2) is 23.7 Å². The minimum atomic E-state index is -2.98. The highest BCUT2D eigenvalue weighted by atomic mass is 19.3. The Hall–Kier alpha value is -1.69. The van der Waals surface area contributed by atoms with Gasteiger partial charge in [-0.2, -0.15) is 8.78 Å². The maximum absolute atomic E-state index is 12.4. The van der Waals surface area contributed by atoms with E-state index in [4.69, 9.17) is 0 Å². The van der Waals surface area contributed by atoms with Gasteiger partial charge in [-0.3, -0.25) is 10.1 Å². The molecule has 1 aliphatic carbocycles.